The Morgan fingerprint density at radius 1 is 1.23 bits per heavy atom. The lowest BCUT2D eigenvalue weighted by Crippen LogP contribution is -2.37. The van der Waals surface area contributed by atoms with Crippen LogP contribution in [-0.4, -0.2) is 37.3 Å². The third-order valence-electron chi connectivity index (χ3n) is 5.49. The fraction of sp³-hybridized carbons (Fsp3) is 0.650. The van der Waals surface area contributed by atoms with E-state index >= 15 is 0 Å². The zero-order chi connectivity index (χ0) is 19.3. The number of benzene rings is 1. The van der Waals surface area contributed by atoms with Crippen molar-refractivity contribution >= 4 is 15.9 Å². The van der Waals surface area contributed by atoms with E-state index in [0.29, 0.717) is 12.1 Å². The van der Waals surface area contributed by atoms with Crippen molar-refractivity contribution in [3.8, 4) is 0 Å². The van der Waals surface area contributed by atoms with Crippen LogP contribution in [0, 0.1) is 10.8 Å². The molecule has 1 aliphatic carbocycles. The van der Waals surface area contributed by atoms with Crippen LogP contribution in [0.2, 0.25) is 0 Å². The van der Waals surface area contributed by atoms with Crippen LogP contribution in [-0.2, 0) is 10.0 Å². The third kappa shape index (κ3) is 3.67. The summed E-state index contributed by atoms with van der Waals surface area (Å²) in [4.78, 5) is 12.5. The molecule has 1 amide bonds. The first-order valence-corrected chi connectivity index (χ1v) is 10.8. The molecule has 0 aromatic heterocycles. The Hall–Kier alpha value is -1.40. The minimum absolute atomic E-state index is 0.00257. The number of carbonyl (C=O) groups excluding carboxylic acids is 1. The predicted molar refractivity (Wildman–Crippen MR) is 102 cm³/mol. The highest BCUT2D eigenvalue weighted by molar-refractivity contribution is 7.89. The Labute approximate surface area is 157 Å². The van der Waals surface area contributed by atoms with E-state index in [1.807, 2.05) is 13.8 Å². The Morgan fingerprint density at radius 2 is 1.92 bits per heavy atom. The lowest BCUT2D eigenvalue weighted by molar-refractivity contribution is 0.0943. The molecule has 1 aromatic carbocycles. The number of rotatable bonds is 4. The van der Waals surface area contributed by atoms with Gasteiger partial charge in [-0.25, -0.2) is 8.42 Å². The van der Waals surface area contributed by atoms with Crippen LogP contribution in [0.3, 0.4) is 0 Å². The molecule has 1 saturated carbocycles. The average Bonchev–Trinajstić information content (AvgIpc) is 2.76. The number of hydrogen-bond donors (Lipinski definition) is 1. The van der Waals surface area contributed by atoms with Gasteiger partial charge in [-0.1, -0.05) is 26.8 Å². The molecule has 2 fully saturated rings. The molecule has 0 unspecified atom stereocenters. The van der Waals surface area contributed by atoms with Gasteiger partial charge in [-0.3, -0.25) is 4.79 Å². The maximum atomic E-state index is 13.3. The number of amides is 1. The smallest absolute Gasteiger partial charge is 0.251 e. The van der Waals surface area contributed by atoms with Gasteiger partial charge in [-0.2, -0.15) is 4.31 Å². The molecule has 0 radical (unpaired) electrons. The van der Waals surface area contributed by atoms with Gasteiger partial charge in [0.25, 0.3) is 5.91 Å². The number of nitrogens with zero attached hydrogens (tertiary/aromatic N) is 1. The summed E-state index contributed by atoms with van der Waals surface area (Å²) in [5, 5.41) is 2.81. The van der Waals surface area contributed by atoms with Crippen molar-refractivity contribution < 1.29 is 13.2 Å². The van der Waals surface area contributed by atoms with Crippen LogP contribution in [0.15, 0.2) is 29.2 Å². The second kappa shape index (κ2) is 6.34. The number of hydrogen-bond acceptors (Lipinski definition) is 3. The van der Waals surface area contributed by atoms with Crippen LogP contribution >= 0.6 is 0 Å². The van der Waals surface area contributed by atoms with Gasteiger partial charge in [-0.05, 0) is 62.1 Å². The molecule has 1 saturated heterocycles. The molecular formula is C20H30N2O3S. The zero-order valence-electron chi connectivity index (χ0n) is 16.4. The molecular weight excluding hydrogens is 348 g/mol. The van der Waals surface area contributed by atoms with Crippen LogP contribution < -0.4 is 5.32 Å². The Bertz CT molecular complexity index is 816. The summed E-state index contributed by atoms with van der Waals surface area (Å²) in [6.45, 7) is 11.0. The van der Waals surface area contributed by atoms with Crippen LogP contribution in [0.1, 0.15) is 64.2 Å². The lowest BCUT2D eigenvalue weighted by atomic mass is 9.65. The van der Waals surface area contributed by atoms with E-state index in [1.165, 1.54) is 6.07 Å². The van der Waals surface area contributed by atoms with Crippen molar-refractivity contribution in [3.05, 3.63) is 29.8 Å². The zero-order valence-corrected chi connectivity index (χ0v) is 17.2. The number of carbonyl (C=O) groups is 1. The van der Waals surface area contributed by atoms with E-state index in [1.54, 1.807) is 22.5 Å². The standard InChI is InChI=1S/C20H30N2O3S/c1-14(2)21-18(23)15-7-6-8-17(9-15)26(24,25)22-13-20(5)11-16(22)10-19(3,4)12-20/h6-9,14,16H,10-13H2,1-5H3,(H,21,23)/t16-,20+/m1/s1. The summed E-state index contributed by atoms with van der Waals surface area (Å²) in [5.41, 5.74) is 0.570. The molecule has 6 heteroatoms. The van der Waals surface area contributed by atoms with Crippen LogP contribution in [0.25, 0.3) is 0 Å². The number of sulfonamides is 1. The van der Waals surface area contributed by atoms with E-state index in [2.05, 4.69) is 26.1 Å². The van der Waals surface area contributed by atoms with E-state index < -0.39 is 10.0 Å². The lowest BCUT2D eigenvalue weighted by Gasteiger charge is -2.39. The van der Waals surface area contributed by atoms with Gasteiger partial charge in [-0.15, -0.1) is 0 Å². The van der Waals surface area contributed by atoms with Crippen LogP contribution in [0.4, 0.5) is 0 Å². The highest BCUT2D eigenvalue weighted by atomic mass is 32.2. The summed E-state index contributed by atoms with van der Waals surface area (Å²) in [7, 11) is -3.61. The normalized spacial score (nSPS) is 28.3. The molecule has 26 heavy (non-hydrogen) atoms. The predicted octanol–water partition coefficient (Wildman–Crippen LogP) is 3.41. The Morgan fingerprint density at radius 3 is 2.58 bits per heavy atom. The molecule has 1 N–H and O–H groups in total. The molecule has 5 nitrogen and oxygen atoms in total. The van der Waals surface area contributed by atoms with Crippen molar-refractivity contribution in [2.24, 2.45) is 10.8 Å². The van der Waals surface area contributed by atoms with Crippen molar-refractivity contribution in [1.29, 1.82) is 0 Å². The minimum atomic E-state index is -3.61. The molecule has 2 bridgehead atoms. The van der Waals surface area contributed by atoms with Gasteiger partial charge in [0.2, 0.25) is 10.0 Å². The third-order valence-corrected chi connectivity index (χ3v) is 7.38. The highest BCUT2D eigenvalue weighted by Crippen LogP contribution is 2.53. The largest absolute Gasteiger partial charge is 0.350 e. The Kier molecular flexibility index (Phi) is 4.72. The molecule has 144 valence electrons. The van der Waals surface area contributed by atoms with E-state index in [0.717, 1.165) is 19.3 Å². The molecule has 0 spiro atoms. The second-order valence-electron chi connectivity index (χ2n) is 9.42. The first-order valence-electron chi connectivity index (χ1n) is 9.35. The second-order valence-corrected chi connectivity index (χ2v) is 11.3. The summed E-state index contributed by atoms with van der Waals surface area (Å²) >= 11 is 0. The van der Waals surface area contributed by atoms with Gasteiger partial charge in [0.15, 0.2) is 0 Å². The van der Waals surface area contributed by atoms with Gasteiger partial charge in [0, 0.05) is 24.2 Å². The fourth-order valence-corrected chi connectivity index (χ4v) is 6.79. The fourth-order valence-electron chi connectivity index (χ4n) is 4.97. The maximum absolute atomic E-state index is 13.3. The first-order chi connectivity index (χ1) is 11.9. The molecule has 1 aromatic rings. The van der Waals surface area contributed by atoms with Gasteiger partial charge in [0.1, 0.15) is 0 Å². The van der Waals surface area contributed by atoms with Gasteiger partial charge >= 0.3 is 0 Å². The van der Waals surface area contributed by atoms with E-state index in [9.17, 15) is 13.2 Å². The van der Waals surface area contributed by atoms with Crippen molar-refractivity contribution in [1.82, 2.24) is 9.62 Å². The van der Waals surface area contributed by atoms with Crippen molar-refractivity contribution in [2.75, 3.05) is 6.54 Å². The molecule has 2 atom stereocenters. The minimum Gasteiger partial charge on any atom is -0.350 e. The van der Waals surface area contributed by atoms with Crippen LogP contribution in [0.5, 0.6) is 0 Å². The summed E-state index contributed by atoms with van der Waals surface area (Å²) in [6.07, 6.45) is 2.85. The maximum Gasteiger partial charge on any atom is 0.251 e. The summed E-state index contributed by atoms with van der Waals surface area (Å²) < 4.78 is 28.3. The molecule has 1 aliphatic heterocycles. The summed E-state index contributed by atoms with van der Waals surface area (Å²) in [6, 6.07) is 6.45. The van der Waals surface area contributed by atoms with Crippen molar-refractivity contribution in [2.45, 2.75) is 70.9 Å². The molecule has 3 rings (SSSR count). The van der Waals surface area contributed by atoms with Crippen molar-refractivity contribution in [3.63, 3.8) is 0 Å². The van der Waals surface area contributed by atoms with Gasteiger partial charge in [0.05, 0.1) is 4.90 Å². The topological polar surface area (TPSA) is 66.5 Å². The Balaban J connectivity index is 1.91. The van der Waals surface area contributed by atoms with E-state index in [-0.39, 0.29) is 33.7 Å². The van der Waals surface area contributed by atoms with E-state index in [4.69, 9.17) is 0 Å². The number of nitrogens with one attached hydrogen (secondary N) is 1. The SMILES string of the molecule is CC(C)NC(=O)c1cccc(S(=O)(=O)N2C[C@@]3(C)C[C@H]2CC(C)(C)C3)c1. The molecule has 1 heterocycles. The highest BCUT2D eigenvalue weighted by Gasteiger charge is 2.53. The first kappa shape index (κ1) is 19.4. The monoisotopic (exact) mass is 378 g/mol. The van der Waals surface area contributed by atoms with Gasteiger partial charge < -0.3 is 5.32 Å². The number of fused-ring (bicyclic) bond motifs is 2. The average molecular weight is 379 g/mol. The summed E-state index contributed by atoms with van der Waals surface area (Å²) in [5.74, 6) is -0.245. The molecule has 2 aliphatic rings. The quantitative estimate of drug-likeness (QED) is 0.873.